The van der Waals surface area contributed by atoms with Gasteiger partial charge in [-0.1, -0.05) is 48.0 Å². The lowest BCUT2D eigenvalue weighted by molar-refractivity contribution is -0.156. The Labute approximate surface area is 211 Å². The molecule has 0 bridgehead atoms. The molecule has 2 heterocycles. The number of esters is 1. The molecule has 4 rings (SSSR count). The summed E-state index contributed by atoms with van der Waals surface area (Å²) in [6, 6.07) is 12.7. The number of amides is 2. The van der Waals surface area contributed by atoms with Crippen LogP contribution >= 0.6 is 11.6 Å². The lowest BCUT2D eigenvalue weighted by Gasteiger charge is -2.49. The van der Waals surface area contributed by atoms with Crippen LogP contribution in [0.1, 0.15) is 34.8 Å². The second-order valence-electron chi connectivity index (χ2n) is 7.79. The second-order valence-corrected chi connectivity index (χ2v) is 8.25. The minimum Gasteiger partial charge on any atom is -0.508 e. The number of β-lactam (4-membered cyclic amide) rings is 1. The van der Waals surface area contributed by atoms with Gasteiger partial charge in [-0.3, -0.25) is 14.5 Å². The highest BCUT2D eigenvalue weighted by molar-refractivity contribution is 6.32. The fraction of sp³-hybridized carbons (Fsp3) is 0.250. The fourth-order valence-corrected chi connectivity index (χ4v) is 4.10. The summed E-state index contributed by atoms with van der Waals surface area (Å²) in [6.45, 7) is 0. The number of phenols is 1. The van der Waals surface area contributed by atoms with E-state index in [0.717, 1.165) is 4.90 Å². The molecule has 2 aliphatic heterocycles. The van der Waals surface area contributed by atoms with Crippen molar-refractivity contribution >= 4 is 35.4 Å². The van der Waals surface area contributed by atoms with Gasteiger partial charge in [-0.25, -0.2) is 9.59 Å². The highest BCUT2D eigenvalue weighted by Gasteiger charge is 2.53. The number of carboxylic acids is 1. The Hall–Kier alpha value is -3.93. The van der Waals surface area contributed by atoms with E-state index >= 15 is 0 Å². The first-order valence-corrected chi connectivity index (χ1v) is 11.0. The predicted molar refractivity (Wildman–Crippen MR) is 129 cm³/mol. The summed E-state index contributed by atoms with van der Waals surface area (Å²) in [7, 11) is 1.30. The molecule has 7 N–H and O–H groups in total. The molecule has 0 unspecified atom stereocenters. The first-order chi connectivity index (χ1) is 16.6. The summed E-state index contributed by atoms with van der Waals surface area (Å²) < 4.78 is 4.44. The van der Waals surface area contributed by atoms with Crippen molar-refractivity contribution in [1.82, 2.24) is 10.2 Å². The predicted octanol–water partition coefficient (Wildman–Crippen LogP) is 1.06. The number of aromatic hydroxyl groups is 1. The van der Waals surface area contributed by atoms with Crippen LogP contribution in [0.25, 0.3) is 0 Å². The number of halogens is 1. The largest absolute Gasteiger partial charge is 0.508 e. The van der Waals surface area contributed by atoms with E-state index in [1.54, 1.807) is 36.4 Å². The van der Waals surface area contributed by atoms with Gasteiger partial charge in [0, 0.05) is 5.03 Å². The minimum absolute atomic E-state index is 0. The van der Waals surface area contributed by atoms with Gasteiger partial charge in [0.2, 0.25) is 5.91 Å². The normalized spacial score (nSPS) is 18.9. The van der Waals surface area contributed by atoms with E-state index in [-0.39, 0.29) is 22.0 Å². The zero-order chi connectivity index (χ0) is 25.7. The van der Waals surface area contributed by atoms with Crippen molar-refractivity contribution in [3.8, 4) is 5.75 Å². The van der Waals surface area contributed by atoms with Gasteiger partial charge in [0.05, 0.1) is 18.7 Å². The van der Waals surface area contributed by atoms with E-state index in [9.17, 15) is 24.3 Å². The molecule has 2 aliphatic rings. The summed E-state index contributed by atoms with van der Waals surface area (Å²) in [4.78, 5) is 47.8. The fourth-order valence-electron chi connectivity index (χ4n) is 3.82. The van der Waals surface area contributed by atoms with Gasteiger partial charge in [0.1, 0.15) is 23.5 Å². The maximum atomic E-state index is 12.3. The van der Waals surface area contributed by atoms with E-state index in [1.165, 1.54) is 19.2 Å². The molecule has 1 saturated heterocycles. The van der Waals surface area contributed by atoms with Crippen LogP contribution in [0, 0.1) is 0 Å². The number of methoxy groups -OCH3 is 1. The van der Waals surface area contributed by atoms with Gasteiger partial charge in [0.15, 0.2) is 0 Å². The van der Waals surface area contributed by atoms with E-state index in [2.05, 4.69) is 10.1 Å². The van der Waals surface area contributed by atoms with Crippen molar-refractivity contribution in [2.75, 3.05) is 7.11 Å². The zero-order valence-corrected chi connectivity index (χ0v) is 19.9. The SMILES string of the molecule is COC(=O)c1cccc(O)c1.N[C@@H](C(=O)N[C@@H]1C(=O)N2C(C(=O)O)=C(Cl)CC[C@H]12)c1ccccc1.O. The number of hydrogen-bond acceptors (Lipinski definition) is 7. The van der Waals surface area contributed by atoms with Gasteiger partial charge < -0.3 is 31.5 Å². The third kappa shape index (κ3) is 6.00. The Balaban J connectivity index is 0.000000321. The number of rotatable bonds is 5. The third-order valence-corrected chi connectivity index (χ3v) is 5.95. The number of allylic oxidation sites excluding steroid dienone is 1. The average Bonchev–Trinajstić information content (AvgIpc) is 2.86. The number of fused-ring (bicyclic) bond motifs is 1. The first kappa shape index (κ1) is 28.3. The lowest BCUT2D eigenvalue weighted by atomic mass is 9.86. The number of carboxylic acid groups (broad SMARTS) is 1. The molecule has 12 heteroatoms. The Morgan fingerprint density at radius 3 is 2.42 bits per heavy atom. The van der Waals surface area contributed by atoms with Crippen LogP contribution in [0.2, 0.25) is 0 Å². The molecule has 36 heavy (non-hydrogen) atoms. The maximum absolute atomic E-state index is 12.3. The van der Waals surface area contributed by atoms with Gasteiger partial charge >= 0.3 is 11.9 Å². The van der Waals surface area contributed by atoms with Crippen LogP contribution in [0.5, 0.6) is 5.75 Å². The van der Waals surface area contributed by atoms with Crippen LogP contribution in [0.15, 0.2) is 65.3 Å². The smallest absolute Gasteiger partial charge is 0.353 e. The van der Waals surface area contributed by atoms with Crippen LogP contribution < -0.4 is 11.1 Å². The number of benzene rings is 2. The summed E-state index contributed by atoms with van der Waals surface area (Å²) >= 11 is 5.92. The molecule has 2 aromatic carbocycles. The Morgan fingerprint density at radius 1 is 1.17 bits per heavy atom. The average molecular weight is 520 g/mol. The van der Waals surface area contributed by atoms with Gasteiger partial charge in [-0.05, 0) is 36.6 Å². The van der Waals surface area contributed by atoms with Crippen molar-refractivity contribution in [3.63, 3.8) is 0 Å². The number of nitrogens with two attached hydrogens (primary N) is 1. The number of hydrogen-bond donors (Lipinski definition) is 4. The number of carbonyl (C=O) groups excluding carboxylic acids is 3. The van der Waals surface area contributed by atoms with E-state index in [4.69, 9.17) is 22.4 Å². The van der Waals surface area contributed by atoms with Crippen molar-refractivity contribution in [2.45, 2.75) is 31.0 Å². The van der Waals surface area contributed by atoms with E-state index in [1.807, 2.05) is 6.07 Å². The maximum Gasteiger partial charge on any atom is 0.353 e. The van der Waals surface area contributed by atoms with Crippen LogP contribution in [-0.2, 0) is 19.1 Å². The Morgan fingerprint density at radius 2 is 1.83 bits per heavy atom. The van der Waals surface area contributed by atoms with Crippen LogP contribution in [0.4, 0.5) is 0 Å². The molecule has 0 saturated carbocycles. The Bertz CT molecular complexity index is 1170. The highest BCUT2D eigenvalue weighted by Crippen LogP contribution is 2.38. The molecule has 0 aliphatic carbocycles. The topological polar surface area (TPSA) is 191 Å². The minimum atomic E-state index is -1.25. The van der Waals surface area contributed by atoms with E-state index in [0.29, 0.717) is 24.0 Å². The highest BCUT2D eigenvalue weighted by atomic mass is 35.5. The Kier molecular flexibility index (Phi) is 9.56. The first-order valence-electron chi connectivity index (χ1n) is 10.6. The quantitative estimate of drug-likeness (QED) is 0.333. The van der Waals surface area contributed by atoms with E-state index < -0.39 is 41.9 Å². The number of aliphatic carboxylic acids is 1. The summed E-state index contributed by atoms with van der Waals surface area (Å²) in [5.41, 5.74) is 6.71. The molecule has 0 spiro atoms. The molecule has 0 aromatic heterocycles. The number of carbonyl (C=O) groups is 4. The number of nitrogens with one attached hydrogen (secondary N) is 1. The van der Waals surface area contributed by atoms with Gasteiger partial charge in [0.25, 0.3) is 5.91 Å². The zero-order valence-electron chi connectivity index (χ0n) is 19.2. The molecule has 2 aromatic rings. The number of nitrogens with zero attached hydrogens (tertiary/aromatic N) is 1. The van der Waals surface area contributed by atoms with Gasteiger partial charge in [-0.2, -0.15) is 0 Å². The number of phenolic OH excluding ortho intramolecular Hbond substituents is 1. The second kappa shape index (κ2) is 12.2. The molecular weight excluding hydrogens is 494 g/mol. The monoisotopic (exact) mass is 519 g/mol. The molecule has 1 fully saturated rings. The molecule has 11 nitrogen and oxygen atoms in total. The number of ether oxygens (including phenoxy) is 1. The van der Waals surface area contributed by atoms with Crippen LogP contribution in [0.3, 0.4) is 0 Å². The standard InChI is InChI=1S/C16H16ClN3O4.C8H8O3.H2O/c17-9-6-7-10-12(15(22)20(10)13(9)16(23)24)19-14(21)11(18)8-4-2-1-3-5-8;1-11-8(10)6-3-2-4-7(9)5-6;/h1-5,10-12H,6-7,18H2,(H,19,21)(H,23,24);2-5,9H,1H3;1H2/t10-,11-,12+;;/m1../s1. The van der Waals surface area contributed by atoms with Crippen molar-refractivity contribution < 1.29 is 39.6 Å². The van der Waals surface area contributed by atoms with Gasteiger partial charge in [-0.15, -0.1) is 0 Å². The third-order valence-electron chi connectivity index (χ3n) is 5.59. The lowest BCUT2D eigenvalue weighted by Crippen LogP contribution is -2.72. The molecule has 192 valence electrons. The molecular formula is C24H26ClN3O8. The molecule has 3 atom stereocenters. The summed E-state index contributed by atoms with van der Waals surface area (Å²) in [5, 5.41) is 20.9. The molecule has 2 amide bonds. The van der Waals surface area contributed by atoms with Crippen molar-refractivity contribution in [3.05, 3.63) is 76.5 Å². The van der Waals surface area contributed by atoms with Crippen LogP contribution in [-0.4, -0.2) is 63.5 Å². The van der Waals surface area contributed by atoms with Crippen molar-refractivity contribution in [1.29, 1.82) is 0 Å². The molecule has 0 radical (unpaired) electrons. The summed E-state index contributed by atoms with van der Waals surface area (Å²) in [6.07, 6.45) is 0.849. The summed E-state index contributed by atoms with van der Waals surface area (Å²) in [5.74, 6) is -2.58. The van der Waals surface area contributed by atoms with Crippen molar-refractivity contribution in [2.24, 2.45) is 5.73 Å².